The molecule has 2 fully saturated rings. The van der Waals surface area contributed by atoms with Crippen LogP contribution in [0, 0.1) is 5.92 Å². The van der Waals surface area contributed by atoms with Crippen LogP contribution in [0.25, 0.3) is 0 Å². The molecule has 142 valence electrons. The van der Waals surface area contributed by atoms with E-state index in [1.807, 2.05) is 29.2 Å². The van der Waals surface area contributed by atoms with Crippen LogP contribution in [-0.4, -0.2) is 54.9 Å². The topological polar surface area (TPSA) is 49.9 Å². The molecule has 0 atom stereocenters. The van der Waals surface area contributed by atoms with Crippen molar-refractivity contribution in [2.75, 3.05) is 33.3 Å². The van der Waals surface area contributed by atoms with E-state index < -0.39 is 0 Å². The van der Waals surface area contributed by atoms with Gasteiger partial charge in [0.1, 0.15) is 5.75 Å². The average molecular weight is 358 g/mol. The maximum atomic E-state index is 12.8. The Bertz CT molecular complexity index is 615. The van der Waals surface area contributed by atoms with Gasteiger partial charge in [0.25, 0.3) is 0 Å². The number of likely N-dealkylation sites (tertiary alicyclic amines) is 2. The summed E-state index contributed by atoms with van der Waals surface area (Å²) >= 11 is 0. The molecule has 0 N–H and O–H groups in total. The normalized spacial score (nSPS) is 19.1. The molecule has 2 aliphatic heterocycles. The summed E-state index contributed by atoms with van der Waals surface area (Å²) in [5.41, 5.74) is 0.970. The molecule has 2 aliphatic rings. The minimum atomic E-state index is 0.0916. The molecule has 0 bridgehead atoms. The predicted molar refractivity (Wildman–Crippen MR) is 101 cm³/mol. The van der Waals surface area contributed by atoms with Crippen molar-refractivity contribution in [2.45, 2.75) is 44.9 Å². The van der Waals surface area contributed by atoms with Crippen LogP contribution in [0.5, 0.6) is 5.75 Å². The molecule has 2 heterocycles. The van der Waals surface area contributed by atoms with Gasteiger partial charge < -0.3 is 14.5 Å². The lowest BCUT2D eigenvalue weighted by Gasteiger charge is -2.34. The van der Waals surface area contributed by atoms with Crippen LogP contribution >= 0.6 is 0 Å². The van der Waals surface area contributed by atoms with E-state index in [1.165, 1.54) is 12.8 Å². The Labute approximate surface area is 156 Å². The second-order valence-corrected chi connectivity index (χ2v) is 7.42. The molecule has 0 aliphatic carbocycles. The van der Waals surface area contributed by atoms with Gasteiger partial charge in [0.15, 0.2) is 0 Å². The van der Waals surface area contributed by atoms with E-state index >= 15 is 0 Å². The molecule has 2 saturated heterocycles. The van der Waals surface area contributed by atoms with Gasteiger partial charge in [-0.2, -0.15) is 0 Å². The number of ether oxygens (including phenoxy) is 1. The zero-order chi connectivity index (χ0) is 18.4. The van der Waals surface area contributed by atoms with Crippen LogP contribution in [0.4, 0.5) is 0 Å². The molecule has 5 nitrogen and oxygen atoms in total. The summed E-state index contributed by atoms with van der Waals surface area (Å²) < 4.78 is 5.22. The number of hydrogen-bond acceptors (Lipinski definition) is 3. The van der Waals surface area contributed by atoms with E-state index in [9.17, 15) is 9.59 Å². The van der Waals surface area contributed by atoms with Crippen LogP contribution in [0.15, 0.2) is 24.3 Å². The van der Waals surface area contributed by atoms with E-state index in [0.29, 0.717) is 25.4 Å². The molecule has 2 amide bonds. The minimum absolute atomic E-state index is 0.0916. The molecule has 0 spiro atoms. The molecule has 0 aromatic heterocycles. The fourth-order valence-corrected chi connectivity index (χ4v) is 3.99. The third kappa shape index (κ3) is 4.77. The van der Waals surface area contributed by atoms with Gasteiger partial charge in [0.2, 0.25) is 11.8 Å². The average Bonchev–Trinajstić information content (AvgIpc) is 2.97. The molecule has 0 unspecified atom stereocenters. The number of benzene rings is 1. The largest absolute Gasteiger partial charge is 0.497 e. The molecular formula is C21H30N2O3. The van der Waals surface area contributed by atoms with Crippen LogP contribution < -0.4 is 4.74 Å². The van der Waals surface area contributed by atoms with Gasteiger partial charge in [-0.1, -0.05) is 25.0 Å². The number of piperidine rings is 1. The van der Waals surface area contributed by atoms with Gasteiger partial charge in [-0.25, -0.2) is 0 Å². The van der Waals surface area contributed by atoms with E-state index in [-0.39, 0.29) is 11.8 Å². The van der Waals surface area contributed by atoms with E-state index in [4.69, 9.17) is 4.74 Å². The fourth-order valence-electron chi connectivity index (χ4n) is 3.99. The summed E-state index contributed by atoms with van der Waals surface area (Å²) in [6.45, 7) is 3.20. The quantitative estimate of drug-likeness (QED) is 0.832. The van der Waals surface area contributed by atoms with Crippen molar-refractivity contribution in [3.63, 3.8) is 0 Å². The zero-order valence-corrected chi connectivity index (χ0v) is 15.8. The lowest BCUT2D eigenvalue weighted by Crippen LogP contribution is -2.45. The van der Waals surface area contributed by atoms with Crippen molar-refractivity contribution in [3.05, 3.63) is 29.8 Å². The van der Waals surface area contributed by atoms with Gasteiger partial charge in [-0.05, 0) is 43.4 Å². The highest BCUT2D eigenvalue weighted by atomic mass is 16.5. The van der Waals surface area contributed by atoms with Crippen molar-refractivity contribution >= 4 is 11.8 Å². The number of carbonyl (C=O) groups is 2. The summed E-state index contributed by atoms with van der Waals surface area (Å²) in [6, 6.07) is 7.66. The van der Waals surface area contributed by atoms with Crippen LogP contribution in [-0.2, 0) is 16.0 Å². The van der Waals surface area contributed by atoms with Crippen LogP contribution in [0.1, 0.15) is 44.1 Å². The fraction of sp³-hybridized carbons (Fsp3) is 0.619. The summed E-state index contributed by atoms with van der Waals surface area (Å²) in [5.74, 6) is 1.32. The van der Waals surface area contributed by atoms with Gasteiger partial charge >= 0.3 is 0 Å². The molecular weight excluding hydrogens is 328 g/mol. The Kier molecular flexibility index (Phi) is 6.53. The summed E-state index contributed by atoms with van der Waals surface area (Å²) in [6.07, 6.45) is 6.70. The molecule has 0 saturated carbocycles. The molecule has 3 rings (SSSR count). The number of amides is 2. The van der Waals surface area contributed by atoms with Crippen molar-refractivity contribution in [1.82, 2.24) is 9.80 Å². The van der Waals surface area contributed by atoms with Crippen molar-refractivity contribution in [3.8, 4) is 5.75 Å². The van der Waals surface area contributed by atoms with E-state index in [0.717, 1.165) is 50.1 Å². The second-order valence-electron chi connectivity index (χ2n) is 7.42. The monoisotopic (exact) mass is 358 g/mol. The second kappa shape index (κ2) is 9.06. The lowest BCUT2D eigenvalue weighted by atomic mass is 9.94. The first-order valence-corrected chi connectivity index (χ1v) is 9.87. The summed E-state index contributed by atoms with van der Waals surface area (Å²) in [7, 11) is 1.63. The maximum absolute atomic E-state index is 12.8. The first-order valence-electron chi connectivity index (χ1n) is 9.87. The molecule has 5 heteroatoms. The first kappa shape index (κ1) is 18.7. The Morgan fingerprint density at radius 3 is 2.35 bits per heavy atom. The number of methoxy groups -OCH3 is 1. The predicted octanol–water partition coefficient (Wildman–Crippen LogP) is 2.88. The van der Waals surface area contributed by atoms with Crippen LogP contribution in [0.3, 0.4) is 0 Å². The number of hydrogen-bond donors (Lipinski definition) is 0. The summed E-state index contributed by atoms with van der Waals surface area (Å²) in [5, 5.41) is 0. The third-order valence-electron chi connectivity index (χ3n) is 5.60. The van der Waals surface area contributed by atoms with Crippen molar-refractivity contribution < 1.29 is 14.3 Å². The third-order valence-corrected chi connectivity index (χ3v) is 5.60. The smallest absolute Gasteiger partial charge is 0.226 e. The van der Waals surface area contributed by atoms with Crippen molar-refractivity contribution in [1.29, 1.82) is 0 Å². The molecule has 0 radical (unpaired) electrons. The Balaban J connectivity index is 1.49. The van der Waals surface area contributed by atoms with Gasteiger partial charge in [-0.3, -0.25) is 9.59 Å². The number of nitrogens with zero attached hydrogens (tertiary/aromatic N) is 2. The highest BCUT2D eigenvalue weighted by Gasteiger charge is 2.30. The minimum Gasteiger partial charge on any atom is -0.497 e. The SMILES string of the molecule is COc1cccc(CC(=O)N2CCC(C(=O)N3CCCCCC3)CC2)c1. The van der Waals surface area contributed by atoms with Crippen LogP contribution in [0.2, 0.25) is 0 Å². The zero-order valence-electron chi connectivity index (χ0n) is 15.8. The maximum Gasteiger partial charge on any atom is 0.226 e. The van der Waals surface area contributed by atoms with Gasteiger partial charge in [0.05, 0.1) is 13.5 Å². The van der Waals surface area contributed by atoms with Crippen molar-refractivity contribution in [2.24, 2.45) is 5.92 Å². The number of carbonyl (C=O) groups excluding carboxylic acids is 2. The van der Waals surface area contributed by atoms with E-state index in [2.05, 4.69) is 4.90 Å². The lowest BCUT2D eigenvalue weighted by molar-refractivity contribution is -0.140. The Morgan fingerprint density at radius 1 is 1.00 bits per heavy atom. The van der Waals surface area contributed by atoms with E-state index in [1.54, 1.807) is 7.11 Å². The molecule has 26 heavy (non-hydrogen) atoms. The highest BCUT2D eigenvalue weighted by molar-refractivity contribution is 5.81. The molecule has 1 aromatic carbocycles. The standard InChI is InChI=1S/C21H30N2O3/c1-26-19-8-6-7-17(15-19)16-20(24)22-13-9-18(10-14-22)21(25)23-11-4-2-3-5-12-23/h6-8,15,18H,2-5,9-14,16H2,1H3. The number of rotatable bonds is 4. The Morgan fingerprint density at radius 2 is 1.69 bits per heavy atom. The highest BCUT2D eigenvalue weighted by Crippen LogP contribution is 2.23. The first-order chi connectivity index (χ1) is 12.7. The van der Waals surface area contributed by atoms with Gasteiger partial charge in [-0.15, -0.1) is 0 Å². The molecule has 1 aromatic rings. The summed E-state index contributed by atoms with van der Waals surface area (Å²) in [4.78, 5) is 29.3. The Hall–Kier alpha value is -2.04. The van der Waals surface area contributed by atoms with Gasteiger partial charge in [0, 0.05) is 32.1 Å².